The number of nitrogens with zero attached hydrogens (tertiary/aromatic N) is 3. The van der Waals surface area contributed by atoms with Gasteiger partial charge in [0.2, 0.25) is 5.60 Å². The van der Waals surface area contributed by atoms with Crippen LogP contribution in [0.5, 0.6) is 0 Å². The molecule has 1 N–H and O–H groups in total. The van der Waals surface area contributed by atoms with E-state index in [1.807, 2.05) is 0 Å². The lowest BCUT2D eigenvalue weighted by Gasteiger charge is -2.39. The number of non-ortho nitro benzene ring substituents is 3. The van der Waals surface area contributed by atoms with Crippen LogP contribution in [-0.2, 0) is 35.6 Å². The second-order valence-corrected chi connectivity index (χ2v) is 18.2. The Morgan fingerprint density at radius 1 is 0.485 bits per heavy atom. The maximum absolute atomic E-state index is 15.3. The molecule has 0 aliphatic heterocycles. The summed E-state index contributed by atoms with van der Waals surface area (Å²) in [4.78, 5) is 77.7. The highest BCUT2D eigenvalue weighted by Gasteiger charge is 2.50. The molecule has 0 amide bonds. The fourth-order valence-electron chi connectivity index (χ4n) is 8.71. The van der Waals surface area contributed by atoms with Crippen LogP contribution in [0.1, 0.15) is 86.1 Å². The maximum atomic E-state index is 15.3. The van der Waals surface area contributed by atoms with E-state index in [0.29, 0.717) is 11.1 Å². The Balaban J connectivity index is 1.69. The van der Waals surface area contributed by atoms with Crippen LogP contribution in [0.4, 0.5) is 17.1 Å². The molecule has 0 spiro atoms. The van der Waals surface area contributed by atoms with Gasteiger partial charge in [-0.05, 0) is 71.0 Å². The molecule has 0 aliphatic carbocycles. The molecule has 0 heterocycles. The predicted octanol–water partition coefficient (Wildman–Crippen LogP) is 11.7. The Morgan fingerprint density at radius 2 is 0.794 bits per heavy atom. The molecule has 0 radical (unpaired) electrons. The molecular weight excluding hydrogens is 937 g/mol. The first-order valence-corrected chi connectivity index (χ1v) is 22.3. The molecule has 0 saturated carbocycles. The molecule has 14 nitrogen and oxygen atoms in total. The zero-order valence-corrected chi connectivity index (χ0v) is 39.7. The smallest absolute Gasteiger partial charge is 0.348 e. The van der Waals surface area contributed by atoms with Crippen molar-refractivity contribution in [3.8, 4) is 0 Å². The van der Waals surface area contributed by atoms with Gasteiger partial charge in [-0.1, -0.05) is 141 Å². The molecule has 0 fully saturated rings. The summed E-state index contributed by atoms with van der Waals surface area (Å²) in [7, 11) is 0. The number of nitro groups is 3. The third-order valence-electron chi connectivity index (χ3n) is 11.8. The molecule has 0 aromatic heterocycles. The first-order valence-electron chi connectivity index (χ1n) is 21.2. The number of Topliss-reactive ketones (excluding diaryl/α,β-unsaturated/α-hetero) is 2. The van der Waals surface area contributed by atoms with Gasteiger partial charge in [-0.25, -0.2) is 4.79 Å². The number of carbonyl (C=O) groups is 3. The highest BCUT2D eigenvalue weighted by Crippen LogP contribution is 2.50. The number of carbonyl (C=O) groups excluding carboxylic acids is 3. The summed E-state index contributed by atoms with van der Waals surface area (Å²) in [6.45, 7) is 9.89. The second-order valence-electron chi connectivity index (χ2n) is 17.0. The van der Waals surface area contributed by atoms with Gasteiger partial charge in [0.05, 0.1) is 35.9 Å². The Hall–Kier alpha value is -6.84. The van der Waals surface area contributed by atoms with Crippen LogP contribution in [0.25, 0.3) is 0 Å². The van der Waals surface area contributed by atoms with E-state index in [9.17, 15) is 45.0 Å². The van der Waals surface area contributed by atoms with Gasteiger partial charge in [0, 0.05) is 53.8 Å². The number of ketones is 2. The van der Waals surface area contributed by atoms with Crippen LogP contribution in [0.2, 0.25) is 15.1 Å². The van der Waals surface area contributed by atoms with Crippen LogP contribution < -0.4 is 0 Å². The van der Waals surface area contributed by atoms with E-state index >= 15 is 4.79 Å². The van der Waals surface area contributed by atoms with Crippen LogP contribution >= 0.6 is 34.8 Å². The fraction of sp³-hybridized carbons (Fsp3) is 0.235. The highest BCUT2D eigenvalue weighted by atomic mass is 35.5. The van der Waals surface area contributed by atoms with E-state index in [-0.39, 0.29) is 65.6 Å². The summed E-state index contributed by atoms with van der Waals surface area (Å²) in [5.74, 6) is -3.25. The molecule has 0 saturated heterocycles. The Bertz CT molecular complexity index is 2960. The average Bonchev–Trinajstić information content (AvgIpc) is 3.30. The van der Waals surface area contributed by atoms with E-state index in [1.54, 1.807) is 96.1 Å². The van der Waals surface area contributed by atoms with Gasteiger partial charge in [-0.2, -0.15) is 0 Å². The van der Waals surface area contributed by atoms with E-state index < -0.39 is 66.6 Å². The number of aliphatic hydroxyl groups is 1. The van der Waals surface area contributed by atoms with Crippen molar-refractivity contribution in [2.24, 2.45) is 11.8 Å². The van der Waals surface area contributed by atoms with Gasteiger partial charge < -0.3 is 9.84 Å². The first-order chi connectivity index (χ1) is 32.0. The average molecular weight is 981 g/mol. The molecule has 6 rings (SSSR count). The Kier molecular flexibility index (Phi) is 14.7. The number of esters is 1. The lowest BCUT2D eigenvalue weighted by atomic mass is 9.62. The monoisotopic (exact) mass is 979 g/mol. The molecule has 3 atom stereocenters. The molecular formula is C51H44Cl3N3O11. The molecule has 17 heteroatoms. The van der Waals surface area contributed by atoms with Gasteiger partial charge in [-0.15, -0.1) is 0 Å². The largest absolute Gasteiger partial charge is 0.460 e. The zero-order valence-electron chi connectivity index (χ0n) is 37.4. The molecule has 350 valence electrons. The summed E-state index contributed by atoms with van der Waals surface area (Å²) in [6.07, 6.45) is -0.721. The number of rotatable bonds is 17. The van der Waals surface area contributed by atoms with Crippen molar-refractivity contribution in [2.75, 3.05) is 0 Å². The third-order valence-corrected chi connectivity index (χ3v) is 12.7. The molecule has 0 bridgehead atoms. The third kappa shape index (κ3) is 8.88. The van der Waals surface area contributed by atoms with Crippen molar-refractivity contribution >= 4 is 69.4 Å². The summed E-state index contributed by atoms with van der Waals surface area (Å²) in [5.41, 5.74) is -5.81. The van der Waals surface area contributed by atoms with Gasteiger partial charge >= 0.3 is 5.97 Å². The number of halogens is 3. The SMILES string of the molecule is CC(C)OC(=O)C(O)(c1ccc(C(C(=O)C(C)C)(c2ccc(C(C(=O)C(C)C)(c3ccccc3)c3ccc([N+](=O)[O-])cc3Cl)cc2)c2ccc([N+](=O)[O-])cc2Cl)cc1)c1ccc([N+](=O)[O-])cc1Cl. The minimum absolute atomic E-state index is 0.0459. The van der Waals surface area contributed by atoms with E-state index in [4.69, 9.17) is 39.5 Å². The number of ether oxygens (including phenoxy) is 1. The topological polar surface area (TPSA) is 210 Å². The van der Waals surface area contributed by atoms with Gasteiger partial charge in [0.25, 0.3) is 17.1 Å². The zero-order chi connectivity index (χ0) is 50.0. The lowest BCUT2D eigenvalue weighted by molar-refractivity contribution is -0.385. The van der Waals surface area contributed by atoms with Crippen molar-refractivity contribution in [1.29, 1.82) is 0 Å². The van der Waals surface area contributed by atoms with Gasteiger partial charge in [0.15, 0.2) is 11.6 Å². The lowest BCUT2D eigenvalue weighted by Crippen LogP contribution is -2.43. The molecule has 6 aromatic rings. The Labute approximate surface area is 405 Å². The van der Waals surface area contributed by atoms with E-state index in [2.05, 4.69) is 0 Å². The van der Waals surface area contributed by atoms with Crippen molar-refractivity contribution in [1.82, 2.24) is 0 Å². The standard InChI is InChI=1S/C51H44Cl3N3O11/c1-29(2)46(58)49(32-10-8-7-9-11-32,40-23-20-37(55(62)63)26-43(40)52)33-12-14-34(15-13-33)50(47(59)30(3)4,41-24-21-38(56(64)65)27-44(41)53)35-16-18-36(19-17-35)51(61,48(60)68-31(5)6)42-25-22-39(57(66)67)28-45(42)54/h7-31,61H,1-6H3. The van der Waals surface area contributed by atoms with Crippen LogP contribution in [0.15, 0.2) is 133 Å². The van der Waals surface area contributed by atoms with Crippen molar-refractivity contribution in [3.63, 3.8) is 0 Å². The predicted molar refractivity (Wildman–Crippen MR) is 257 cm³/mol. The van der Waals surface area contributed by atoms with Crippen LogP contribution in [0, 0.1) is 42.2 Å². The van der Waals surface area contributed by atoms with E-state index in [0.717, 1.165) is 24.3 Å². The van der Waals surface area contributed by atoms with Crippen LogP contribution in [-0.4, -0.2) is 43.5 Å². The Morgan fingerprint density at radius 3 is 1.09 bits per heavy atom. The summed E-state index contributed by atoms with van der Waals surface area (Å²) in [5, 5.41) is 47.3. The normalized spacial score (nSPS) is 14.1. The summed E-state index contributed by atoms with van der Waals surface area (Å²) in [6, 6.07) is 31.8. The second kappa shape index (κ2) is 19.8. The minimum Gasteiger partial charge on any atom is -0.460 e. The van der Waals surface area contributed by atoms with Gasteiger partial charge in [0.1, 0.15) is 10.8 Å². The number of nitro benzene ring substituents is 3. The van der Waals surface area contributed by atoms with Crippen LogP contribution in [0.3, 0.4) is 0 Å². The molecule has 3 unspecified atom stereocenters. The number of hydrogen-bond acceptors (Lipinski definition) is 11. The van der Waals surface area contributed by atoms with Crippen molar-refractivity contribution in [3.05, 3.63) is 223 Å². The number of hydrogen-bond donors (Lipinski definition) is 1. The van der Waals surface area contributed by atoms with Crippen molar-refractivity contribution < 1.29 is 39.0 Å². The van der Waals surface area contributed by atoms with E-state index in [1.165, 1.54) is 54.6 Å². The number of benzene rings is 6. The summed E-state index contributed by atoms with van der Waals surface area (Å²) < 4.78 is 5.50. The minimum atomic E-state index is -2.64. The fourth-order valence-corrected chi connectivity index (χ4v) is 9.66. The molecule has 0 aliphatic rings. The maximum Gasteiger partial charge on any atom is 0.348 e. The molecule has 6 aromatic carbocycles. The van der Waals surface area contributed by atoms with Crippen molar-refractivity contribution in [2.45, 2.75) is 64.1 Å². The highest BCUT2D eigenvalue weighted by molar-refractivity contribution is 6.33. The molecule has 68 heavy (non-hydrogen) atoms. The van der Waals surface area contributed by atoms with Gasteiger partial charge in [-0.3, -0.25) is 39.9 Å². The first kappa shape index (κ1) is 50.6. The summed E-state index contributed by atoms with van der Waals surface area (Å²) >= 11 is 20.4. The quantitative estimate of drug-likeness (QED) is 0.0393.